The first-order valence-electron chi connectivity index (χ1n) is 11.3. The number of halogens is 4. The monoisotopic (exact) mass is 497 g/mol. The second kappa shape index (κ2) is 10.8. The van der Waals surface area contributed by atoms with Crippen molar-refractivity contribution < 1.29 is 27.4 Å². The highest BCUT2D eigenvalue weighted by Crippen LogP contribution is 2.37. The van der Waals surface area contributed by atoms with Crippen LogP contribution in [0.1, 0.15) is 24.0 Å². The molecule has 2 aromatic carbocycles. The van der Waals surface area contributed by atoms with E-state index in [9.17, 15) is 18.0 Å². The summed E-state index contributed by atoms with van der Waals surface area (Å²) in [5.41, 5.74) is 0.677. The van der Waals surface area contributed by atoms with Crippen molar-refractivity contribution in [1.29, 1.82) is 0 Å². The van der Waals surface area contributed by atoms with Crippen LogP contribution in [0.25, 0.3) is 0 Å². The molecule has 0 unspecified atom stereocenters. The van der Waals surface area contributed by atoms with E-state index >= 15 is 0 Å². The lowest BCUT2D eigenvalue weighted by atomic mass is 10.1. The molecule has 1 amide bonds. The number of anilines is 1. The van der Waals surface area contributed by atoms with Crippen LogP contribution in [-0.2, 0) is 17.5 Å². The number of amides is 1. The summed E-state index contributed by atoms with van der Waals surface area (Å²) in [5, 5.41) is 3.25. The number of alkyl halides is 3. The van der Waals surface area contributed by atoms with E-state index in [1.165, 1.54) is 12.1 Å². The maximum Gasteiger partial charge on any atom is 0.416 e. The summed E-state index contributed by atoms with van der Waals surface area (Å²) in [5.74, 6) is 0.958. The summed E-state index contributed by atoms with van der Waals surface area (Å²) in [6.07, 6.45) is -2.69. The number of carbonyl (C=O) groups excluding carboxylic acids is 1. The van der Waals surface area contributed by atoms with Crippen molar-refractivity contribution >= 4 is 23.2 Å². The molecule has 2 aromatic rings. The van der Waals surface area contributed by atoms with Crippen LogP contribution < -0.4 is 14.8 Å². The van der Waals surface area contributed by atoms with E-state index in [1.54, 1.807) is 12.1 Å². The Morgan fingerprint density at radius 2 is 1.59 bits per heavy atom. The molecule has 1 fully saturated rings. The van der Waals surface area contributed by atoms with Crippen LogP contribution in [0.3, 0.4) is 0 Å². The van der Waals surface area contributed by atoms with Gasteiger partial charge in [-0.3, -0.25) is 14.6 Å². The van der Waals surface area contributed by atoms with Gasteiger partial charge in [0, 0.05) is 38.2 Å². The molecule has 4 rings (SSSR count). The van der Waals surface area contributed by atoms with Gasteiger partial charge in [0.25, 0.3) is 0 Å². The molecule has 0 aromatic heterocycles. The fourth-order valence-corrected chi connectivity index (χ4v) is 4.27. The van der Waals surface area contributed by atoms with Crippen molar-refractivity contribution in [2.75, 3.05) is 51.3 Å². The van der Waals surface area contributed by atoms with Crippen molar-refractivity contribution in [1.82, 2.24) is 9.80 Å². The molecule has 2 heterocycles. The Bertz CT molecular complexity index is 1000. The van der Waals surface area contributed by atoms with Crippen LogP contribution in [0.2, 0.25) is 5.02 Å². The number of hydrogen-bond donors (Lipinski definition) is 1. The largest absolute Gasteiger partial charge is 0.490 e. The molecule has 10 heteroatoms. The zero-order valence-electron chi connectivity index (χ0n) is 18.7. The van der Waals surface area contributed by atoms with Crippen molar-refractivity contribution in [3.63, 3.8) is 0 Å². The van der Waals surface area contributed by atoms with Crippen molar-refractivity contribution in [3.8, 4) is 11.5 Å². The Kier molecular flexibility index (Phi) is 7.85. The summed E-state index contributed by atoms with van der Waals surface area (Å²) in [4.78, 5) is 16.9. The first kappa shape index (κ1) is 24.6. The lowest BCUT2D eigenvalue weighted by molar-refractivity contribution is -0.137. The van der Waals surface area contributed by atoms with Gasteiger partial charge in [-0.05, 0) is 37.2 Å². The molecule has 0 saturated carbocycles. The maximum absolute atomic E-state index is 12.8. The third-order valence-corrected chi connectivity index (χ3v) is 6.16. The van der Waals surface area contributed by atoms with Gasteiger partial charge in [0.05, 0.1) is 36.0 Å². The number of benzene rings is 2. The minimum absolute atomic E-state index is 0.174. The Morgan fingerprint density at radius 3 is 2.29 bits per heavy atom. The lowest BCUT2D eigenvalue weighted by Gasteiger charge is -2.22. The molecule has 0 atom stereocenters. The molecule has 2 aliphatic rings. The molecule has 0 radical (unpaired) electrons. The van der Waals surface area contributed by atoms with E-state index in [1.807, 2.05) is 0 Å². The molecule has 1 saturated heterocycles. The van der Waals surface area contributed by atoms with Crippen LogP contribution in [0.4, 0.5) is 18.9 Å². The van der Waals surface area contributed by atoms with Gasteiger partial charge in [0.2, 0.25) is 5.91 Å². The quantitative estimate of drug-likeness (QED) is 0.651. The van der Waals surface area contributed by atoms with E-state index < -0.39 is 11.7 Å². The Morgan fingerprint density at radius 1 is 0.941 bits per heavy atom. The summed E-state index contributed by atoms with van der Waals surface area (Å²) >= 11 is 6.33. The van der Waals surface area contributed by atoms with E-state index in [-0.39, 0.29) is 12.5 Å². The number of carbonyl (C=O) groups is 1. The third-order valence-electron chi connectivity index (χ3n) is 5.85. The predicted molar refractivity (Wildman–Crippen MR) is 123 cm³/mol. The van der Waals surface area contributed by atoms with Crippen LogP contribution >= 0.6 is 11.6 Å². The number of hydrogen-bond acceptors (Lipinski definition) is 5. The summed E-state index contributed by atoms with van der Waals surface area (Å²) in [6.45, 7) is 4.86. The van der Waals surface area contributed by atoms with Crippen LogP contribution in [0, 0.1) is 0 Å². The van der Waals surface area contributed by atoms with E-state index in [0.29, 0.717) is 48.5 Å². The minimum Gasteiger partial charge on any atom is -0.490 e. The van der Waals surface area contributed by atoms with Gasteiger partial charge in [0.15, 0.2) is 11.5 Å². The predicted octanol–water partition coefficient (Wildman–Crippen LogP) is 4.67. The molecule has 34 heavy (non-hydrogen) atoms. The highest BCUT2D eigenvalue weighted by atomic mass is 35.5. The van der Waals surface area contributed by atoms with Crippen molar-refractivity contribution in [2.24, 2.45) is 0 Å². The molecule has 1 N–H and O–H groups in total. The molecule has 0 aliphatic carbocycles. The van der Waals surface area contributed by atoms with Crippen LogP contribution in [0.5, 0.6) is 11.5 Å². The molecular formula is C24H27ClF3N3O3. The molecule has 184 valence electrons. The summed E-state index contributed by atoms with van der Waals surface area (Å²) in [7, 11) is 0. The lowest BCUT2D eigenvalue weighted by Crippen LogP contribution is -2.36. The number of nitrogens with zero attached hydrogens (tertiary/aromatic N) is 2. The average Bonchev–Trinajstić information content (AvgIpc) is 3.14. The second-order valence-electron chi connectivity index (χ2n) is 8.48. The van der Waals surface area contributed by atoms with Gasteiger partial charge < -0.3 is 14.8 Å². The van der Waals surface area contributed by atoms with Gasteiger partial charge in [-0.1, -0.05) is 23.7 Å². The van der Waals surface area contributed by atoms with E-state index in [0.717, 1.165) is 50.2 Å². The Hall–Kier alpha value is -2.49. The molecular weight excluding hydrogens is 471 g/mol. The van der Waals surface area contributed by atoms with Gasteiger partial charge in [0.1, 0.15) is 0 Å². The maximum atomic E-state index is 12.8. The first-order valence-corrected chi connectivity index (χ1v) is 11.7. The van der Waals surface area contributed by atoms with Crippen molar-refractivity contribution in [3.05, 3.63) is 52.5 Å². The molecule has 0 bridgehead atoms. The smallest absolute Gasteiger partial charge is 0.416 e. The van der Waals surface area contributed by atoms with Gasteiger partial charge >= 0.3 is 6.18 Å². The number of ether oxygens (including phenoxy) is 2. The highest BCUT2D eigenvalue weighted by molar-refractivity contribution is 6.34. The molecule has 2 aliphatic heterocycles. The minimum atomic E-state index is -4.33. The highest BCUT2D eigenvalue weighted by Gasteiger charge is 2.30. The van der Waals surface area contributed by atoms with E-state index in [2.05, 4.69) is 15.1 Å². The van der Waals surface area contributed by atoms with Crippen LogP contribution in [-0.4, -0.2) is 61.6 Å². The number of fused-ring (bicyclic) bond motifs is 1. The number of rotatable bonds is 5. The number of nitrogens with one attached hydrogen (secondary N) is 1. The summed E-state index contributed by atoms with van der Waals surface area (Å²) < 4.78 is 49.6. The van der Waals surface area contributed by atoms with Crippen LogP contribution in [0.15, 0.2) is 36.4 Å². The zero-order chi connectivity index (χ0) is 24.1. The first-order chi connectivity index (χ1) is 16.3. The fraction of sp³-hybridized carbons (Fsp3) is 0.458. The topological polar surface area (TPSA) is 54.0 Å². The summed E-state index contributed by atoms with van der Waals surface area (Å²) in [6, 6.07) is 8.64. The normalized spacial score (nSPS) is 17.6. The average molecular weight is 498 g/mol. The van der Waals surface area contributed by atoms with Crippen molar-refractivity contribution in [2.45, 2.75) is 25.6 Å². The molecule has 6 nitrogen and oxygen atoms in total. The molecule has 0 spiro atoms. The van der Waals surface area contributed by atoms with Gasteiger partial charge in [-0.25, -0.2) is 0 Å². The van der Waals surface area contributed by atoms with Gasteiger partial charge in [-0.2, -0.15) is 13.2 Å². The third kappa shape index (κ3) is 6.55. The zero-order valence-corrected chi connectivity index (χ0v) is 19.4. The Balaban J connectivity index is 1.28. The SMILES string of the molecule is O=C(CN1CCCN(Cc2ccc(C(F)(F)F)cc2)CC1)Nc1cc2c(cc1Cl)OCCCO2. The second-order valence-corrected chi connectivity index (χ2v) is 8.89. The standard InChI is InChI=1S/C24H27ClF3N3O3/c25-19-13-21-22(34-12-2-11-33-21)14-20(19)29-23(32)16-31-8-1-7-30(9-10-31)15-17-3-5-18(6-4-17)24(26,27)28/h3-6,13-14H,1-2,7-12,15-16H2,(H,29,32). The Labute approximate surface area is 201 Å². The fourth-order valence-electron chi connectivity index (χ4n) is 4.07. The van der Waals surface area contributed by atoms with Gasteiger partial charge in [-0.15, -0.1) is 0 Å². The van der Waals surface area contributed by atoms with E-state index in [4.69, 9.17) is 21.1 Å².